The zero-order chi connectivity index (χ0) is 33.3. The van der Waals surface area contributed by atoms with Crippen LogP contribution in [-0.2, 0) is 14.8 Å². The summed E-state index contributed by atoms with van der Waals surface area (Å²) in [4.78, 5) is 28.7. The van der Waals surface area contributed by atoms with Gasteiger partial charge in [0.2, 0.25) is 10.0 Å². The number of anilines is 1. The first-order valence-electron chi connectivity index (χ1n) is 16.8. The number of rotatable bonds is 11. The summed E-state index contributed by atoms with van der Waals surface area (Å²) in [6, 6.07) is 3.28. The van der Waals surface area contributed by atoms with Gasteiger partial charge in [0.05, 0.1) is 42.4 Å². The van der Waals surface area contributed by atoms with Crippen molar-refractivity contribution < 1.29 is 32.2 Å². The van der Waals surface area contributed by atoms with Gasteiger partial charge in [-0.25, -0.2) is 27.5 Å². The van der Waals surface area contributed by atoms with E-state index in [1.54, 1.807) is 18.0 Å². The number of carbonyl (C=O) groups is 1. The lowest BCUT2D eigenvalue weighted by Crippen LogP contribution is -2.61. The number of halogens is 1. The van der Waals surface area contributed by atoms with E-state index in [-0.39, 0.29) is 52.6 Å². The molecule has 2 aromatic rings. The number of hydrogen-bond donors (Lipinski definition) is 2. The van der Waals surface area contributed by atoms with E-state index in [1.807, 2.05) is 13.8 Å². The maximum Gasteiger partial charge on any atom is 0.258 e. The van der Waals surface area contributed by atoms with Gasteiger partial charge in [-0.3, -0.25) is 4.79 Å². The summed E-state index contributed by atoms with van der Waals surface area (Å²) in [6.07, 6.45) is 7.62. The van der Waals surface area contributed by atoms with E-state index >= 15 is 0 Å². The van der Waals surface area contributed by atoms with Crippen LogP contribution in [0.25, 0.3) is 0 Å². The molecule has 47 heavy (non-hydrogen) atoms. The number of aliphatic hydroxyl groups is 1. The zero-order valence-corrected chi connectivity index (χ0v) is 28.3. The van der Waals surface area contributed by atoms with Crippen LogP contribution >= 0.6 is 0 Å². The molecule has 14 heteroatoms. The molecule has 6 rings (SSSR count). The molecule has 2 N–H and O–H groups in total. The molecule has 1 amide bonds. The number of hydrogen-bond acceptors (Lipinski definition) is 10. The zero-order valence-electron chi connectivity index (χ0n) is 27.5. The molecular weight excluding hydrogens is 627 g/mol. The molecule has 3 aliphatic heterocycles. The lowest BCUT2D eigenvalue weighted by atomic mass is 9.72. The molecule has 1 aromatic carbocycles. The Morgan fingerprint density at radius 2 is 1.96 bits per heavy atom. The Balaban J connectivity index is 1.05. The first-order valence-corrected chi connectivity index (χ1v) is 18.5. The molecule has 258 valence electrons. The van der Waals surface area contributed by atoms with E-state index in [0.29, 0.717) is 31.0 Å². The first-order chi connectivity index (χ1) is 22.5. The lowest BCUT2D eigenvalue weighted by molar-refractivity contribution is -0.0299. The van der Waals surface area contributed by atoms with Crippen molar-refractivity contribution in [2.24, 2.45) is 5.41 Å². The fourth-order valence-corrected chi connectivity index (χ4v) is 8.16. The second kappa shape index (κ2) is 13.9. The molecule has 1 aliphatic carbocycles. The fourth-order valence-electron chi connectivity index (χ4n) is 7.30. The van der Waals surface area contributed by atoms with Gasteiger partial charge in [0.15, 0.2) is 11.6 Å². The molecule has 4 heterocycles. The number of nitrogens with one attached hydrogen (secondary N) is 1. The van der Waals surface area contributed by atoms with Crippen LogP contribution in [0, 0.1) is 11.2 Å². The van der Waals surface area contributed by atoms with Crippen molar-refractivity contribution in [1.82, 2.24) is 24.5 Å². The SMILES string of the molecule is CCS(=O)(=O)N[C@@H]1CC[C@@H](CN2CCC3(CC2)CN(c2ncncc2Oc2ccc(F)cc2C(=O)N(C(C)C)[C@H]2CC[C@@H]2O)C3)OC1. The summed E-state index contributed by atoms with van der Waals surface area (Å²) in [7, 11) is -3.23. The van der Waals surface area contributed by atoms with Crippen LogP contribution in [0.15, 0.2) is 30.7 Å². The summed E-state index contributed by atoms with van der Waals surface area (Å²) >= 11 is 0. The molecule has 0 unspecified atom stereocenters. The van der Waals surface area contributed by atoms with Crippen molar-refractivity contribution in [3.05, 3.63) is 42.1 Å². The van der Waals surface area contributed by atoms with Crippen LogP contribution in [0.5, 0.6) is 11.5 Å². The molecule has 12 nitrogen and oxygen atoms in total. The number of piperidine rings is 1. The molecule has 4 aliphatic rings. The largest absolute Gasteiger partial charge is 0.451 e. The van der Waals surface area contributed by atoms with E-state index in [1.165, 1.54) is 24.5 Å². The second-order valence-corrected chi connectivity index (χ2v) is 15.9. The highest BCUT2D eigenvalue weighted by molar-refractivity contribution is 7.89. The summed E-state index contributed by atoms with van der Waals surface area (Å²) in [5, 5.41) is 10.3. The minimum atomic E-state index is -3.23. The quantitative estimate of drug-likeness (QED) is 0.366. The highest BCUT2D eigenvalue weighted by atomic mass is 32.2. The number of amides is 1. The number of benzene rings is 1. The van der Waals surface area contributed by atoms with Crippen molar-refractivity contribution in [3.63, 3.8) is 0 Å². The topological polar surface area (TPSA) is 137 Å². The van der Waals surface area contributed by atoms with E-state index in [2.05, 4.69) is 24.5 Å². The Kier molecular flexibility index (Phi) is 10.1. The van der Waals surface area contributed by atoms with Crippen LogP contribution in [0.4, 0.5) is 10.2 Å². The van der Waals surface area contributed by atoms with Gasteiger partial charge in [0, 0.05) is 37.1 Å². The Hall–Kier alpha value is -2.91. The van der Waals surface area contributed by atoms with Gasteiger partial charge in [0.25, 0.3) is 5.91 Å². The van der Waals surface area contributed by atoms with Gasteiger partial charge in [-0.2, -0.15) is 0 Å². The van der Waals surface area contributed by atoms with Gasteiger partial charge in [-0.1, -0.05) is 0 Å². The van der Waals surface area contributed by atoms with Gasteiger partial charge >= 0.3 is 0 Å². The first kappa shape index (κ1) is 34.0. The molecule has 0 radical (unpaired) electrons. The second-order valence-electron chi connectivity index (χ2n) is 13.9. The van der Waals surface area contributed by atoms with E-state index in [9.17, 15) is 22.7 Å². The van der Waals surface area contributed by atoms with Crippen LogP contribution in [0.1, 0.15) is 69.7 Å². The third-order valence-corrected chi connectivity index (χ3v) is 11.7. The molecule has 1 spiro atoms. The number of aliphatic hydroxyl groups excluding tert-OH is 1. The van der Waals surface area contributed by atoms with Crippen LogP contribution in [-0.4, -0.2) is 115 Å². The summed E-state index contributed by atoms with van der Waals surface area (Å²) in [5.41, 5.74) is 0.272. The maximum atomic E-state index is 14.5. The minimum absolute atomic E-state index is 0.0751. The Bertz CT molecular complexity index is 1520. The van der Waals surface area contributed by atoms with Gasteiger partial charge < -0.3 is 29.3 Å². The van der Waals surface area contributed by atoms with Crippen LogP contribution in [0.2, 0.25) is 0 Å². The molecule has 1 aromatic heterocycles. The predicted octanol–water partition coefficient (Wildman–Crippen LogP) is 3.17. The minimum Gasteiger partial charge on any atom is -0.451 e. The summed E-state index contributed by atoms with van der Waals surface area (Å²) in [5.74, 6) is 0.397. The molecular formula is C33H47FN6O6S. The molecule has 3 saturated heterocycles. The fraction of sp³-hybridized carbons (Fsp3) is 0.667. The van der Waals surface area contributed by atoms with E-state index in [4.69, 9.17) is 9.47 Å². The Labute approximate surface area is 276 Å². The maximum absolute atomic E-state index is 14.5. The number of aromatic nitrogens is 2. The normalized spacial score (nSPS) is 26.1. The summed E-state index contributed by atoms with van der Waals surface area (Å²) < 4.78 is 53.3. The average Bonchev–Trinajstić information content (AvgIpc) is 3.03. The van der Waals surface area contributed by atoms with Gasteiger partial charge in [0.1, 0.15) is 17.9 Å². The van der Waals surface area contributed by atoms with Crippen molar-refractivity contribution >= 4 is 21.7 Å². The standard InChI is InChI=1S/C33H47FN6O6S/c1-4-47(43,44)37-24-6-7-25(45-18-24)17-38-13-11-33(12-14-38)19-39(20-33)31-30(16-35-21-36-31)46-29-10-5-23(34)15-26(29)32(42)40(22(2)3)27-8-9-28(27)41/h5,10,15-16,21-22,24-25,27-28,37,41H,4,6-9,11-14,17-20H2,1-3H3/t24-,25+,27+,28+/m1/s1. The number of carbonyl (C=O) groups excluding carboxylic acids is 1. The van der Waals surface area contributed by atoms with Crippen molar-refractivity contribution in [2.45, 2.75) is 89.6 Å². The highest BCUT2D eigenvalue weighted by Gasteiger charge is 2.46. The summed E-state index contributed by atoms with van der Waals surface area (Å²) in [6.45, 7) is 10.3. The lowest BCUT2D eigenvalue weighted by Gasteiger charge is -2.54. The third kappa shape index (κ3) is 7.56. The molecule has 0 bridgehead atoms. The van der Waals surface area contributed by atoms with Crippen molar-refractivity contribution in [1.29, 1.82) is 0 Å². The Morgan fingerprint density at radius 3 is 2.57 bits per heavy atom. The number of sulfonamides is 1. The monoisotopic (exact) mass is 674 g/mol. The molecule has 1 saturated carbocycles. The van der Waals surface area contributed by atoms with Crippen molar-refractivity contribution in [2.75, 3.05) is 50.0 Å². The Morgan fingerprint density at radius 1 is 1.19 bits per heavy atom. The average molecular weight is 675 g/mol. The third-order valence-electron chi connectivity index (χ3n) is 10.2. The molecule has 4 fully saturated rings. The predicted molar refractivity (Wildman–Crippen MR) is 175 cm³/mol. The van der Waals surface area contributed by atoms with E-state index < -0.39 is 21.9 Å². The van der Waals surface area contributed by atoms with Crippen molar-refractivity contribution in [3.8, 4) is 11.5 Å². The van der Waals surface area contributed by atoms with Gasteiger partial charge in [-0.05, 0) is 90.6 Å². The highest BCUT2D eigenvalue weighted by Crippen LogP contribution is 2.45. The number of nitrogens with zero attached hydrogens (tertiary/aromatic N) is 5. The number of ether oxygens (including phenoxy) is 2. The molecule has 4 atom stereocenters. The van der Waals surface area contributed by atoms with Crippen LogP contribution in [0.3, 0.4) is 0 Å². The smallest absolute Gasteiger partial charge is 0.258 e. The van der Waals surface area contributed by atoms with Gasteiger partial charge in [-0.15, -0.1) is 0 Å². The van der Waals surface area contributed by atoms with Crippen LogP contribution < -0.4 is 14.4 Å². The number of likely N-dealkylation sites (tertiary alicyclic amines) is 1. The van der Waals surface area contributed by atoms with E-state index in [0.717, 1.165) is 58.4 Å².